The molecule has 1 N–H and O–H groups in total. The van der Waals surface area contributed by atoms with Crippen LogP contribution >= 0.6 is 22.7 Å². The Labute approximate surface area is 170 Å². The lowest BCUT2D eigenvalue weighted by molar-refractivity contribution is 1.09. The van der Waals surface area contributed by atoms with Gasteiger partial charge in [0.25, 0.3) is 0 Å². The van der Waals surface area contributed by atoms with Gasteiger partial charge in [0.05, 0.1) is 5.52 Å². The fourth-order valence-corrected chi connectivity index (χ4v) is 4.96. The number of nitrogens with zero attached hydrogens (tertiary/aromatic N) is 3. The van der Waals surface area contributed by atoms with Gasteiger partial charge >= 0.3 is 0 Å². The normalized spacial score (nSPS) is 11.0. The minimum atomic E-state index is 0.799. The molecule has 0 aliphatic rings. The number of para-hydroxylation sites is 2. The van der Waals surface area contributed by atoms with E-state index < -0.39 is 0 Å². The third-order valence-electron chi connectivity index (χ3n) is 4.52. The number of benzene rings is 2. The van der Waals surface area contributed by atoms with E-state index in [-0.39, 0.29) is 0 Å². The first-order valence-corrected chi connectivity index (χ1v) is 10.6. The Hall–Kier alpha value is -3.09. The highest BCUT2D eigenvalue weighted by atomic mass is 32.1. The number of thiophene rings is 1. The molecule has 0 saturated carbocycles. The van der Waals surface area contributed by atoms with E-state index >= 15 is 0 Å². The highest BCUT2D eigenvalue weighted by molar-refractivity contribution is 7.19. The first-order valence-electron chi connectivity index (χ1n) is 8.92. The number of hydrogen-bond donors (Lipinski definition) is 1. The molecule has 0 spiro atoms. The smallest absolute Gasteiger partial charge is 0.210 e. The maximum atomic E-state index is 4.47. The van der Waals surface area contributed by atoms with Crippen molar-refractivity contribution < 1.29 is 0 Å². The van der Waals surface area contributed by atoms with Gasteiger partial charge in [-0.3, -0.25) is 4.98 Å². The van der Waals surface area contributed by atoms with E-state index in [1.807, 2.05) is 42.6 Å². The van der Waals surface area contributed by atoms with Gasteiger partial charge in [-0.1, -0.05) is 47.7 Å². The number of fused-ring (bicyclic) bond motifs is 1. The largest absolute Gasteiger partial charge is 0.330 e. The molecule has 0 unspecified atom stereocenters. The van der Waals surface area contributed by atoms with Crippen LogP contribution < -0.4 is 5.32 Å². The minimum absolute atomic E-state index is 0.799. The zero-order valence-electron chi connectivity index (χ0n) is 14.9. The van der Waals surface area contributed by atoms with Gasteiger partial charge in [0.15, 0.2) is 5.01 Å². The summed E-state index contributed by atoms with van der Waals surface area (Å²) < 4.78 is 0. The molecule has 0 radical (unpaired) electrons. The average Bonchev–Trinajstić information content (AvgIpc) is 3.38. The minimum Gasteiger partial charge on any atom is -0.330 e. The Morgan fingerprint density at radius 2 is 1.71 bits per heavy atom. The Kier molecular flexibility index (Phi) is 4.56. The van der Waals surface area contributed by atoms with E-state index in [0.29, 0.717) is 0 Å². The second-order valence-electron chi connectivity index (χ2n) is 6.32. The maximum absolute atomic E-state index is 4.47. The maximum Gasteiger partial charge on any atom is 0.210 e. The fourth-order valence-electron chi connectivity index (χ4n) is 3.18. The predicted molar refractivity (Wildman–Crippen MR) is 117 cm³/mol. The zero-order valence-corrected chi connectivity index (χ0v) is 16.5. The van der Waals surface area contributed by atoms with Gasteiger partial charge in [-0.05, 0) is 41.3 Å². The molecule has 6 heteroatoms. The van der Waals surface area contributed by atoms with Crippen molar-refractivity contribution in [3.05, 3.63) is 88.7 Å². The molecular weight excluding hydrogens is 384 g/mol. The topological polar surface area (TPSA) is 50.7 Å². The molecule has 0 saturated heterocycles. The van der Waals surface area contributed by atoms with Gasteiger partial charge in [0, 0.05) is 34.1 Å². The third kappa shape index (κ3) is 3.40. The Balaban J connectivity index is 1.44. The summed E-state index contributed by atoms with van der Waals surface area (Å²) >= 11 is 3.33. The molecule has 3 aromatic heterocycles. The molecule has 28 heavy (non-hydrogen) atoms. The van der Waals surface area contributed by atoms with Crippen LogP contribution in [0.3, 0.4) is 0 Å². The molecule has 0 atom stereocenters. The van der Waals surface area contributed by atoms with Crippen molar-refractivity contribution in [3.8, 4) is 10.6 Å². The van der Waals surface area contributed by atoms with Crippen molar-refractivity contribution in [1.82, 2.24) is 15.2 Å². The van der Waals surface area contributed by atoms with E-state index in [0.717, 1.165) is 33.3 Å². The van der Waals surface area contributed by atoms with Crippen molar-refractivity contribution in [2.45, 2.75) is 6.42 Å². The predicted octanol–water partition coefficient (Wildman–Crippen LogP) is 6.15. The van der Waals surface area contributed by atoms with E-state index in [1.165, 1.54) is 15.8 Å². The highest BCUT2D eigenvalue weighted by Gasteiger charge is 2.14. The van der Waals surface area contributed by atoms with Crippen LogP contribution in [0, 0.1) is 0 Å². The van der Waals surface area contributed by atoms with Crippen LogP contribution in [0.2, 0.25) is 0 Å². The van der Waals surface area contributed by atoms with Crippen LogP contribution in [0.15, 0.2) is 78.3 Å². The molecule has 0 aliphatic carbocycles. The van der Waals surface area contributed by atoms with Gasteiger partial charge in [-0.15, -0.1) is 21.5 Å². The number of anilines is 2. The number of aromatic nitrogens is 3. The summed E-state index contributed by atoms with van der Waals surface area (Å²) in [7, 11) is 0. The van der Waals surface area contributed by atoms with Crippen LogP contribution in [-0.2, 0) is 6.42 Å². The molecule has 3 heterocycles. The molecule has 0 amide bonds. The van der Waals surface area contributed by atoms with Crippen LogP contribution in [0.4, 0.5) is 10.8 Å². The number of rotatable bonds is 5. The molecule has 4 nitrogen and oxygen atoms in total. The molecule has 0 fully saturated rings. The zero-order chi connectivity index (χ0) is 18.8. The summed E-state index contributed by atoms with van der Waals surface area (Å²) in [6.07, 6.45) is 2.74. The van der Waals surface area contributed by atoms with E-state index in [2.05, 4.69) is 56.2 Å². The van der Waals surface area contributed by atoms with Gasteiger partial charge in [0.1, 0.15) is 0 Å². The van der Waals surface area contributed by atoms with Gasteiger partial charge in [-0.2, -0.15) is 0 Å². The Bertz CT molecular complexity index is 1220. The lowest BCUT2D eigenvalue weighted by Gasteiger charge is -2.06. The van der Waals surface area contributed by atoms with E-state index in [1.54, 1.807) is 22.7 Å². The van der Waals surface area contributed by atoms with Gasteiger partial charge < -0.3 is 5.32 Å². The third-order valence-corrected chi connectivity index (χ3v) is 6.31. The van der Waals surface area contributed by atoms with Crippen molar-refractivity contribution in [3.63, 3.8) is 0 Å². The summed E-state index contributed by atoms with van der Waals surface area (Å²) in [6, 6.07) is 22.6. The summed E-state index contributed by atoms with van der Waals surface area (Å²) in [5, 5.41) is 17.1. The number of hydrogen-bond acceptors (Lipinski definition) is 6. The molecular formula is C22H16N4S2. The fraction of sp³-hybridized carbons (Fsp3) is 0.0455. The first kappa shape index (κ1) is 17.0. The first-order chi connectivity index (χ1) is 13.9. The van der Waals surface area contributed by atoms with Crippen LogP contribution in [0.1, 0.15) is 10.4 Å². The summed E-state index contributed by atoms with van der Waals surface area (Å²) in [6.45, 7) is 0. The molecule has 2 aromatic carbocycles. The molecule has 0 aliphatic heterocycles. The average molecular weight is 401 g/mol. The van der Waals surface area contributed by atoms with E-state index in [4.69, 9.17) is 0 Å². The second-order valence-corrected chi connectivity index (χ2v) is 8.30. The number of nitrogens with one attached hydrogen (secondary N) is 1. The van der Waals surface area contributed by atoms with Crippen molar-refractivity contribution in [2.24, 2.45) is 0 Å². The standard InChI is InChI=1S/C22H16N4S2/c1-2-6-16(7-3-1)24-22-26-25-21(28-22)18-11-13-27-20(18)14-15-10-12-23-19-9-5-4-8-17(15)19/h1-13H,14H2,(H,24,26). The van der Waals surface area contributed by atoms with Crippen molar-refractivity contribution in [1.29, 1.82) is 0 Å². The lowest BCUT2D eigenvalue weighted by atomic mass is 10.0. The van der Waals surface area contributed by atoms with Crippen LogP contribution in [0.25, 0.3) is 21.5 Å². The Morgan fingerprint density at radius 1 is 0.857 bits per heavy atom. The molecule has 5 rings (SSSR count). The lowest BCUT2D eigenvalue weighted by Crippen LogP contribution is -1.91. The molecule has 136 valence electrons. The summed E-state index contributed by atoms with van der Waals surface area (Å²) in [5.74, 6) is 0. The Morgan fingerprint density at radius 3 is 2.64 bits per heavy atom. The highest BCUT2D eigenvalue weighted by Crippen LogP contribution is 2.35. The van der Waals surface area contributed by atoms with Crippen molar-refractivity contribution in [2.75, 3.05) is 5.32 Å². The SMILES string of the molecule is c1ccc(Nc2nnc(-c3ccsc3Cc3ccnc4ccccc34)s2)cc1. The van der Waals surface area contributed by atoms with Crippen molar-refractivity contribution >= 4 is 44.4 Å². The molecule has 5 aromatic rings. The second kappa shape index (κ2) is 7.50. The number of pyridine rings is 1. The van der Waals surface area contributed by atoms with Crippen LogP contribution in [-0.4, -0.2) is 15.2 Å². The quantitative estimate of drug-likeness (QED) is 0.384. The summed E-state index contributed by atoms with van der Waals surface area (Å²) in [4.78, 5) is 5.76. The monoisotopic (exact) mass is 400 g/mol. The molecule has 0 bridgehead atoms. The van der Waals surface area contributed by atoms with E-state index in [9.17, 15) is 0 Å². The van der Waals surface area contributed by atoms with Gasteiger partial charge in [0.2, 0.25) is 5.13 Å². The van der Waals surface area contributed by atoms with Gasteiger partial charge in [-0.25, -0.2) is 0 Å². The summed E-state index contributed by atoms with van der Waals surface area (Å²) in [5.41, 5.74) is 4.48. The van der Waals surface area contributed by atoms with Crippen LogP contribution in [0.5, 0.6) is 0 Å².